The molecule has 0 unspecified atom stereocenters. The average Bonchev–Trinajstić information content (AvgIpc) is 3.40. The molecule has 8 aromatic rings. The first kappa shape index (κ1) is 21.8. The van der Waals surface area contributed by atoms with E-state index in [0.717, 1.165) is 28.1 Å². The van der Waals surface area contributed by atoms with Gasteiger partial charge in [0.15, 0.2) is 0 Å². The third kappa shape index (κ3) is 3.46. The molecule has 1 heterocycles. The van der Waals surface area contributed by atoms with Crippen molar-refractivity contribution < 1.29 is 0 Å². The summed E-state index contributed by atoms with van der Waals surface area (Å²) < 4.78 is 2.26. The fraction of sp³-hybridized carbons (Fsp3) is 0. The number of para-hydroxylation sites is 1. The van der Waals surface area contributed by atoms with E-state index in [1.54, 1.807) is 0 Å². The minimum Gasteiger partial charge on any atom is -0.292 e. The average molecular weight is 497 g/mol. The Morgan fingerprint density at radius 3 is 1.92 bits per heavy atom. The van der Waals surface area contributed by atoms with Crippen molar-refractivity contribution in [2.75, 3.05) is 0 Å². The van der Waals surface area contributed by atoms with Crippen LogP contribution in [0.15, 0.2) is 146 Å². The van der Waals surface area contributed by atoms with E-state index in [1.165, 1.54) is 43.4 Å². The van der Waals surface area contributed by atoms with Gasteiger partial charge in [-0.25, -0.2) is 4.98 Å². The van der Waals surface area contributed by atoms with E-state index in [4.69, 9.17) is 4.98 Å². The molecule has 0 aliphatic rings. The SMILES string of the molecule is c1ccc(-c2nc3cc(-c4cc5c6ccccc6ccc5c5ccccc45)ccc3n2-c2ccccc2)cc1. The van der Waals surface area contributed by atoms with Crippen LogP contribution in [0.5, 0.6) is 0 Å². The van der Waals surface area contributed by atoms with Crippen molar-refractivity contribution in [3.05, 3.63) is 146 Å². The molecule has 0 spiro atoms. The van der Waals surface area contributed by atoms with Crippen molar-refractivity contribution in [2.45, 2.75) is 0 Å². The van der Waals surface area contributed by atoms with Crippen molar-refractivity contribution in [1.82, 2.24) is 9.55 Å². The topological polar surface area (TPSA) is 17.8 Å². The molecule has 2 heteroatoms. The molecule has 0 bridgehead atoms. The van der Waals surface area contributed by atoms with E-state index < -0.39 is 0 Å². The maximum absolute atomic E-state index is 5.20. The van der Waals surface area contributed by atoms with Gasteiger partial charge in [0, 0.05) is 11.3 Å². The van der Waals surface area contributed by atoms with Crippen LogP contribution in [0.3, 0.4) is 0 Å². The number of fused-ring (bicyclic) bond motifs is 6. The summed E-state index contributed by atoms with van der Waals surface area (Å²) in [5, 5.41) is 7.63. The van der Waals surface area contributed by atoms with Crippen molar-refractivity contribution in [3.8, 4) is 28.2 Å². The van der Waals surface area contributed by atoms with Gasteiger partial charge in [-0.15, -0.1) is 0 Å². The molecule has 0 saturated heterocycles. The molecular formula is C37H24N2. The predicted molar refractivity (Wildman–Crippen MR) is 164 cm³/mol. The molecule has 0 radical (unpaired) electrons. The van der Waals surface area contributed by atoms with Gasteiger partial charge < -0.3 is 0 Å². The molecular weight excluding hydrogens is 472 g/mol. The highest BCUT2D eigenvalue weighted by Gasteiger charge is 2.16. The maximum atomic E-state index is 5.20. The van der Waals surface area contributed by atoms with Crippen molar-refractivity contribution in [2.24, 2.45) is 0 Å². The van der Waals surface area contributed by atoms with E-state index in [0.29, 0.717) is 0 Å². The molecule has 0 fully saturated rings. The standard InChI is InChI=1S/C37H24N2/c1-3-12-26(13-4-1)37-38-35-23-27(20-22-36(35)39(37)28-14-5-2-6-15-28)33-24-34-29-16-8-7-11-25(29)19-21-32(34)30-17-9-10-18-31(30)33/h1-24H. The minimum absolute atomic E-state index is 0.948. The van der Waals surface area contributed by atoms with E-state index in [1.807, 2.05) is 6.07 Å². The second kappa shape index (κ2) is 8.68. The summed E-state index contributed by atoms with van der Waals surface area (Å²) in [5.41, 5.74) is 6.69. The smallest absolute Gasteiger partial charge is 0.145 e. The number of imidazole rings is 1. The van der Waals surface area contributed by atoms with Gasteiger partial charge in [0.25, 0.3) is 0 Å². The predicted octanol–water partition coefficient (Wildman–Crippen LogP) is 9.82. The number of rotatable bonds is 3. The molecule has 1 aromatic heterocycles. The summed E-state index contributed by atoms with van der Waals surface area (Å²) in [5.74, 6) is 0.948. The first-order valence-corrected chi connectivity index (χ1v) is 13.3. The quantitative estimate of drug-likeness (QED) is 0.223. The number of benzene rings is 7. The lowest BCUT2D eigenvalue weighted by molar-refractivity contribution is 1.10. The molecule has 2 nitrogen and oxygen atoms in total. The lowest BCUT2D eigenvalue weighted by atomic mass is 9.91. The van der Waals surface area contributed by atoms with Crippen molar-refractivity contribution in [3.63, 3.8) is 0 Å². The lowest BCUT2D eigenvalue weighted by Crippen LogP contribution is -1.97. The van der Waals surface area contributed by atoms with Crippen LogP contribution in [-0.2, 0) is 0 Å². The van der Waals surface area contributed by atoms with Gasteiger partial charge in [-0.05, 0) is 73.8 Å². The zero-order valence-corrected chi connectivity index (χ0v) is 21.3. The third-order valence-corrected chi connectivity index (χ3v) is 7.78. The van der Waals surface area contributed by atoms with Crippen LogP contribution in [0.4, 0.5) is 0 Å². The number of nitrogens with zero attached hydrogens (tertiary/aromatic N) is 2. The molecule has 0 atom stereocenters. The fourth-order valence-corrected chi connectivity index (χ4v) is 5.97. The van der Waals surface area contributed by atoms with Crippen LogP contribution in [0.1, 0.15) is 0 Å². The molecule has 0 aliphatic heterocycles. The minimum atomic E-state index is 0.948. The van der Waals surface area contributed by atoms with Gasteiger partial charge in [0.05, 0.1) is 11.0 Å². The Bertz CT molecular complexity index is 2160. The van der Waals surface area contributed by atoms with Gasteiger partial charge in [-0.3, -0.25) is 4.57 Å². The molecule has 182 valence electrons. The Morgan fingerprint density at radius 1 is 0.436 bits per heavy atom. The van der Waals surface area contributed by atoms with Crippen molar-refractivity contribution >= 4 is 43.4 Å². The van der Waals surface area contributed by atoms with E-state index >= 15 is 0 Å². The monoisotopic (exact) mass is 496 g/mol. The van der Waals surface area contributed by atoms with Crippen LogP contribution in [0, 0.1) is 0 Å². The zero-order valence-electron chi connectivity index (χ0n) is 21.3. The number of hydrogen-bond donors (Lipinski definition) is 0. The molecule has 39 heavy (non-hydrogen) atoms. The van der Waals surface area contributed by atoms with Crippen LogP contribution < -0.4 is 0 Å². The van der Waals surface area contributed by atoms with Gasteiger partial charge >= 0.3 is 0 Å². The third-order valence-electron chi connectivity index (χ3n) is 7.78. The molecule has 8 rings (SSSR count). The number of hydrogen-bond acceptors (Lipinski definition) is 1. The first-order chi connectivity index (χ1) is 19.3. The highest BCUT2D eigenvalue weighted by atomic mass is 15.1. The highest BCUT2D eigenvalue weighted by molar-refractivity contribution is 6.21. The van der Waals surface area contributed by atoms with Gasteiger partial charge in [-0.1, -0.05) is 115 Å². The van der Waals surface area contributed by atoms with E-state index in [9.17, 15) is 0 Å². The summed E-state index contributed by atoms with van der Waals surface area (Å²) in [7, 11) is 0. The van der Waals surface area contributed by atoms with Crippen LogP contribution in [0.25, 0.3) is 71.6 Å². The van der Waals surface area contributed by atoms with E-state index in [-0.39, 0.29) is 0 Å². The molecule has 0 N–H and O–H groups in total. The van der Waals surface area contributed by atoms with E-state index in [2.05, 4.69) is 144 Å². The summed E-state index contributed by atoms with van der Waals surface area (Å²) in [6.45, 7) is 0. The largest absolute Gasteiger partial charge is 0.292 e. The Labute approximate surface area is 226 Å². The second-order valence-electron chi connectivity index (χ2n) is 10.0. The number of aromatic nitrogens is 2. The van der Waals surface area contributed by atoms with Crippen LogP contribution >= 0.6 is 0 Å². The second-order valence-corrected chi connectivity index (χ2v) is 10.0. The fourth-order valence-electron chi connectivity index (χ4n) is 5.97. The molecule has 7 aromatic carbocycles. The normalized spacial score (nSPS) is 11.6. The maximum Gasteiger partial charge on any atom is 0.145 e. The Kier molecular flexibility index (Phi) is 4.86. The summed E-state index contributed by atoms with van der Waals surface area (Å²) in [4.78, 5) is 5.20. The summed E-state index contributed by atoms with van der Waals surface area (Å²) in [6, 6.07) is 51.9. The Morgan fingerprint density at radius 2 is 1.10 bits per heavy atom. The molecule has 0 aliphatic carbocycles. The van der Waals surface area contributed by atoms with Crippen LogP contribution in [0.2, 0.25) is 0 Å². The van der Waals surface area contributed by atoms with Gasteiger partial charge in [0.1, 0.15) is 5.82 Å². The lowest BCUT2D eigenvalue weighted by Gasteiger charge is -2.13. The van der Waals surface area contributed by atoms with Crippen LogP contribution in [-0.4, -0.2) is 9.55 Å². The summed E-state index contributed by atoms with van der Waals surface area (Å²) in [6.07, 6.45) is 0. The van der Waals surface area contributed by atoms with Gasteiger partial charge in [0.2, 0.25) is 0 Å². The zero-order chi connectivity index (χ0) is 25.8. The first-order valence-electron chi connectivity index (χ1n) is 13.3. The summed E-state index contributed by atoms with van der Waals surface area (Å²) >= 11 is 0. The highest BCUT2D eigenvalue weighted by Crippen LogP contribution is 2.39. The van der Waals surface area contributed by atoms with Crippen molar-refractivity contribution in [1.29, 1.82) is 0 Å². The van der Waals surface area contributed by atoms with Gasteiger partial charge in [-0.2, -0.15) is 0 Å². The Hall–Kier alpha value is -5.21. The Balaban J connectivity index is 1.42. The molecule has 0 saturated carbocycles. The molecule has 0 amide bonds.